The lowest BCUT2D eigenvalue weighted by Crippen LogP contribution is -2.25. The Morgan fingerprint density at radius 1 is 1.47 bits per heavy atom. The van der Waals surface area contributed by atoms with Gasteiger partial charge in [-0.1, -0.05) is 24.6 Å². The van der Waals surface area contributed by atoms with Crippen molar-refractivity contribution in [3.63, 3.8) is 0 Å². The van der Waals surface area contributed by atoms with Gasteiger partial charge in [0.25, 0.3) is 0 Å². The standard InChI is InChI=1S/C13H19NO/c1-8-4-5-12-11(6-8)13(9(2)7-14)10(3)15-12/h4-6,9-10,13H,7,14H2,1-3H3. The molecule has 0 spiro atoms. The van der Waals surface area contributed by atoms with E-state index < -0.39 is 0 Å². The summed E-state index contributed by atoms with van der Waals surface area (Å²) in [5.41, 5.74) is 8.38. The van der Waals surface area contributed by atoms with Gasteiger partial charge in [0, 0.05) is 11.5 Å². The normalized spacial score (nSPS) is 25.9. The molecule has 0 aromatic heterocycles. The minimum atomic E-state index is 0.250. The highest BCUT2D eigenvalue weighted by Gasteiger charge is 2.34. The quantitative estimate of drug-likeness (QED) is 0.805. The Morgan fingerprint density at radius 2 is 2.20 bits per heavy atom. The van der Waals surface area contributed by atoms with Crippen LogP contribution >= 0.6 is 0 Å². The molecule has 2 rings (SSSR count). The van der Waals surface area contributed by atoms with Crippen LogP contribution in [0, 0.1) is 12.8 Å². The van der Waals surface area contributed by atoms with Crippen LogP contribution in [0.4, 0.5) is 0 Å². The fourth-order valence-corrected chi connectivity index (χ4v) is 2.48. The average molecular weight is 205 g/mol. The lowest BCUT2D eigenvalue weighted by molar-refractivity contribution is 0.200. The Hall–Kier alpha value is -1.02. The molecule has 15 heavy (non-hydrogen) atoms. The second-order valence-electron chi connectivity index (χ2n) is 4.60. The van der Waals surface area contributed by atoms with E-state index in [-0.39, 0.29) is 6.10 Å². The summed E-state index contributed by atoms with van der Waals surface area (Å²) in [5.74, 6) is 1.96. The first-order chi connectivity index (χ1) is 7.13. The molecule has 1 aliphatic heterocycles. The lowest BCUT2D eigenvalue weighted by Gasteiger charge is -2.21. The highest BCUT2D eigenvalue weighted by Crippen LogP contribution is 2.42. The number of nitrogens with two attached hydrogens (primary N) is 1. The predicted molar refractivity (Wildman–Crippen MR) is 62.2 cm³/mol. The monoisotopic (exact) mass is 205 g/mol. The van der Waals surface area contributed by atoms with E-state index in [1.54, 1.807) is 0 Å². The molecule has 0 bridgehead atoms. The molecule has 0 saturated heterocycles. The van der Waals surface area contributed by atoms with Gasteiger partial charge < -0.3 is 10.5 Å². The highest BCUT2D eigenvalue weighted by molar-refractivity contribution is 5.43. The van der Waals surface area contributed by atoms with Crippen LogP contribution < -0.4 is 10.5 Å². The van der Waals surface area contributed by atoms with Gasteiger partial charge >= 0.3 is 0 Å². The summed E-state index contributed by atoms with van der Waals surface area (Å²) in [6.45, 7) is 7.16. The molecule has 1 heterocycles. The van der Waals surface area contributed by atoms with E-state index in [9.17, 15) is 0 Å². The molecule has 2 heteroatoms. The van der Waals surface area contributed by atoms with Gasteiger partial charge in [-0.15, -0.1) is 0 Å². The Balaban J connectivity index is 2.39. The molecule has 0 saturated carbocycles. The zero-order chi connectivity index (χ0) is 11.0. The maximum absolute atomic E-state index is 5.84. The summed E-state index contributed by atoms with van der Waals surface area (Å²) in [7, 11) is 0. The molecule has 0 amide bonds. The van der Waals surface area contributed by atoms with Crippen molar-refractivity contribution in [2.75, 3.05) is 6.54 Å². The van der Waals surface area contributed by atoms with Gasteiger partial charge in [0.1, 0.15) is 11.9 Å². The predicted octanol–water partition coefficient (Wildman–Crippen LogP) is 2.45. The fraction of sp³-hybridized carbons (Fsp3) is 0.538. The van der Waals surface area contributed by atoms with Crippen LogP contribution in [0.3, 0.4) is 0 Å². The first-order valence-electron chi connectivity index (χ1n) is 5.60. The number of fused-ring (bicyclic) bond motifs is 1. The van der Waals surface area contributed by atoms with E-state index in [0.29, 0.717) is 18.4 Å². The molecule has 1 aromatic rings. The van der Waals surface area contributed by atoms with Gasteiger partial charge in [-0.25, -0.2) is 0 Å². The molecule has 2 nitrogen and oxygen atoms in total. The van der Waals surface area contributed by atoms with Crippen molar-refractivity contribution in [1.29, 1.82) is 0 Å². The smallest absolute Gasteiger partial charge is 0.123 e. The van der Waals surface area contributed by atoms with Crippen LogP contribution in [0.5, 0.6) is 5.75 Å². The fourth-order valence-electron chi connectivity index (χ4n) is 2.48. The zero-order valence-electron chi connectivity index (χ0n) is 9.66. The minimum Gasteiger partial charge on any atom is -0.490 e. The third-order valence-corrected chi connectivity index (χ3v) is 3.33. The molecule has 1 aromatic carbocycles. The maximum Gasteiger partial charge on any atom is 0.123 e. The summed E-state index contributed by atoms with van der Waals surface area (Å²) < 4.78 is 5.84. The Morgan fingerprint density at radius 3 is 2.87 bits per heavy atom. The molecule has 3 atom stereocenters. The molecule has 3 unspecified atom stereocenters. The number of benzene rings is 1. The summed E-state index contributed by atoms with van der Waals surface area (Å²) in [4.78, 5) is 0. The van der Waals surface area contributed by atoms with Crippen LogP contribution in [0.15, 0.2) is 18.2 Å². The van der Waals surface area contributed by atoms with Gasteiger partial charge in [0.15, 0.2) is 0 Å². The van der Waals surface area contributed by atoms with Crippen molar-refractivity contribution in [2.45, 2.75) is 32.8 Å². The molecule has 0 fully saturated rings. The topological polar surface area (TPSA) is 35.2 Å². The maximum atomic E-state index is 5.84. The van der Waals surface area contributed by atoms with E-state index in [4.69, 9.17) is 10.5 Å². The first-order valence-corrected chi connectivity index (χ1v) is 5.60. The van der Waals surface area contributed by atoms with E-state index in [2.05, 4.69) is 39.0 Å². The molecular formula is C13H19NO. The number of aryl methyl sites for hydroxylation is 1. The number of rotatable bonds is 2. The summed E-state index contributed by atoms with van der Waals surface area (Å²) >= 11 is 0. The third kappa shape index (κ3) is 1.74. The Kier molecular flexibility index (Phi) is 2.70. The largest absolute Gasteiger partial charge is 0.490 e. The van der Waals surface area contributed by atoms with Crippen molar-refractivity contribution in [3.8, 4) is 5.75 Å². The Bertz CT molecular complexity index is 358. The van der Waals surface area contributed by atoms with Gasteiger partial charge in [0.2, 0.25) is 0 Å². The summed E-state index contributed by atoms with van der Waals surface area (Å²) in [5, 5.41) is 0. The van der Waals surface area contributed by atoms with E-state index in [0.717, 1.165) is 5.75 Å². The van der Waals surface area contributed by atoms with Gasteiger partial charge in [-0.05, 0) is 32.4 Å². The zero-order valence-corrected chi connectivity index (χ0v) is 9.66. The number of ether oxygens (including phenoxy) is 1. The minimum absolute atomic E-state index is 0.250. The summed E-state index contributed by atoms with van der Waals surface area (Å²) in [6.07, 6.45) is 0.250. The van der Waals surface area contributed by atoms with Crippen molar-refractivity contribution in [2.24, 2.45) is 11.7 Å². The van der Waals surface area contributed by atoms with Crippen LogP contribution in [0.1, 0.15) is 30.9 Å². The number of hydrogen-bond donors (Lipinski definition) is 1. The van der Waals surface area contributed by atoms with Crippen LogP contribution in [0.25, 0.3) is 0 Å². The molecule has 0 radical (unpaired) electrons. The summed E-state index contributed by atoms with van der Waals surface area (Å²) in [6, 6.07) is 6.40. The van der Waals surface area contributed by atoms with E-state index >= 15 is 0 Å². The first kappa shape index (κ1) is 10.5. The second-order valence-corrected chi connectivity index (χ2v) is 4.60. The van der Waals surface area contributed by atoms with Crippen LogP contribution in [0.2, 0.25) is 0 Å². The van der Waals surface area contributed by atoms with E-state index in [1.807, 2.05) is 0 Å². The van der Waals surface area contributed by atoms with Crippen molar-refractivity contribution >= 4 is 0 Å². The molecule has 2 N–H and O–H groups in total. The third-order valence-electron chi connectivity index (χ3n) is 3.33. The van der Waals surface area contributed by atoms with Crippen molar-refractivity contribution in [1.82, 2.24) is 0 Å². The molecule has 82 valence electrons. The van der Waals surface area contributed by atoms with Crippen molar-refractivity contribution < 1.29 is 4.74 Å². The van der Waals surface area contributed by atoms with Gasteiger partial charge in [-0.3, -0.25) is 0 Å². The molecular weight excluding hydrogens is 186 g/mol. The van der Waals surface area contributed by atoms with Crippen molar-refractivity contribution in [3.05, 3.63) is 29.3 Å². The highest BCUT2D eigenvalue weighted by atomic mass is 16.5. The van der Waals surface area contributed by atoms with Crippen LogP contribution in [-0.2, 0) is 0 Å². The van der Waals surface area contributed by atoms with Gasteiger partial charge in [0.05, 0.1) is 0 Å². The van der Waals surface area contributed by atoms with E-state index in [1.165, 1.54) is 11.1 Å². The lowest BCUT2D eigenvalue weighted by atomic mass is 9.84. The molecule has 0 aliphatic carbocycles. The van der Waals surface area contributed by atoms with Gasteiger partial charge in [-0.2, -0.15) is 0 Å². The SMILES string of the molecule is Cc1ccc2c(c1)C(C(C)CN)C(C)O2. The number of hydrogen-bond acceptors (Lipinski definition) is 2. The molecule has 1 aliphatic rings. The van der Waals surface area contributed by atoms with Crippen LogP contribution in [-0.4, -0.2) is 12.6 Å². The average Bonchev–Trinajstić information content (AvgIpc) is 2.52. The second kappa shape index (κ2) is 3.86. The Labute approximate surface area is 91.4 Å².